The van der Waals surface area contributed by atoms with Gasteiger partial charge in [0.1, 0.15) is 12.3 Å². The standard InChI is InChI=1S/C25H26Cl2N2O4S/c1-4-33-23-9-7-19(8-10-23)18(3)28-25(30)16-29(22-14-20(26)13-21(27)15-22)34(31,32)24-11-5-17(2)6-12-24/h5-15,18H,4,16H2,1-3H3,(H,28,30)/t18-/m1/s1. The Labute approximate surface area is 210 Å². The van der Waals surface area contributed by atoms with E-state index in [-0.39, 0.29) is 26.7 Å². The van der Waals surface area contributed by atoms with Crippen molar-refractivity contribution >= 4 is 44.8 Å². The minimum atomic E-state index is -4.07. The van der Waals surface area contributed by atoms with Crippen molar-refractivity contribution in [2.45, 2.75) is 31.7 Å². The number of carbonyl (C=O) groups is 1. The molecule has 3 aromatic rings. The van der Waals surface area contributed by atoms with Crippen molar-refractivity contribution in [1.29, 1.82) is 0 Å². The van der Waals surface area contributed by atoms with E-state index in [1.807, 2.05) is 45.0 Å². The summed E-state index contributed by atoms with van der Waals surface area (Å²) in [6, 6.07) is 17.8. The number of benzene rings is 3. The van der Waals surface area contributed by atoms with Crippen molar-refractivity contribution in [2.24, 2.45) is 0 Å². The van der Waals surface area contributed by atoms with Crippen LogP contribution >= 0.6 is 23.2 Å². The Morgan fingerprint density at radius 2 is 1.59 bits per heavy atom. The molecule has 6 nitrogen and oxygen atoms in total. The smallest absolute Gasteiger partial charge is 0.264 e. The summed E-state index contributed by atoms with van der Waals surface area (Å²) < 4.78 is 33.5. The Hall–Kier alpha value is -2.74. The summed E-state index contributed by atoms with van der Waals surface area (Å²) in [6.07, 6.45) is 0. The summed E-state index contributed by atoms with van der Waals surface area (Å²) in [6.45, 7) is 5.70. The van der Waals surface area contributed by atoms with E-state index < -0.39 is 22.5 Å². The van der Waals surface area contributed by atoms with Gasteiger partial charge in [0.25, 0.3) is 10.0 Å². The number of ether oxygens (including phenoxy) is 1. The van der Waals surface area contributed by atoms with E-state index in [9.17, 15) is 13.2 Å². The van der Waals surface area contributed by atoms with Crippen LogP contribution in [0.1, 0.15) is 31.0 Å². The molecular formula is C25H26Cl2N2O4S. The largest absolute Gasteiger partial charge is 0.494 e. The highest BCUT2D eigenvalue weighted by atomic mass is 35.5. The maximum atomic E-state index is 13.5. The molecule has 0 spiro atoms. The molecule has 0 aliphatic heterocycles. The van der Waals surface area contributed by atoms with Crippen LogP contribution in [-0.4, -0.2) is 27.5 Å². The fourth-order valence-electron chi connectivity index (χ4n) is 3.36. The van der Waals surface area contributed by atoms with Crippen molar-refractivity contribution in [1.82, 2.24) is 5.32 Å². The third kappa shape index (κ3) is 6.44. The summed E-state index contributed by atoms with van der Waals surface area (Å²) >= 11 is 12.3. The highest BCUT2D eigenvalue weighted by molar-refractivity contribution is 7.92. The van der Waals surface area contributed by atoms with Crippen LogP contribution in [0.4, 0.5) is 5.69 Å². The molecule has 3 rings (SSSR count). The predicted molar refractivity (Wildman–Crippen MR) is 136 cm³/mol. The quantitative estimate of drug-likeness (QED) is 0.388. The minimum Gasteiger partial charge on any atom is -0.494 e. The second-order valence-electron chi connectivity index (χ2n) is 7.74. The lowest BCUT2D eigenvalue weighted by Crippen LogP contribution is -2.41. The molecule has 0 aliphatic carbocycles. The van der Waals surface area contributed by atoms with Crippen molar-refractivity contribution in [3.05, 3.63) is 87.9 Å². The molecule has 0 unspecified atom stereocenters. The van der Waals surface area contributed by atoms with Crippen LogP contribution in [0.25, 0.3) is 0 Å². The summed E-state index contributed by atoms with van der Waals surface area (Å²) in [4.78, 5) is 13.0. The molecule has 0 saturated heterocycles. The first-order valence-electron chi connectivity index (χ1n) is 10.7. The second kappa shape index (κ2) is 11.1. The number of nitrogens with zero attached hydrogens (tertiary/aromatic N) is 1. The molecule has 1 N–H and O–H groups in total. The third-order valence-electron chi connectivity index (χ3n) is 5.10. The number of hydrogen-bond donors (Lipinski definition) is 1. The average Bonchev–Trinajstić information content (AvgIpc) is 2.77. The van der Waals surface area contributed by atoms with E-state index >= 15 is 0 Å². The predicted octanol–water partition coefficient (Wildman–Crippen LogP) is 5.77. The molecule has 0 aliphatic rings. The summed E-state index contributed by atoms with van der Waals surface area (Å²) in [7, 11) is -4.07. The van der Waals surface area contributed by atoms with Gasteiger partial charge < -0.3 is 10.1 Å². The molecule has 0 saturated carbocycles. The van der Waals surface area contributed by atoms with Gasteiger partial charge >= 0.3 is 0 Å². The lowest BCUT2D eigenvalue weighted by molar-refractivity contribution is -0.120. The molecule has 34 heavy (non-hydrogen) atoms. The number of aryl methyl sites for hydroxylation is 1. The monoisotopic (exact) mass is 520 g/mol. The molecule has 1 atom stereocenters. The van der Waals surface area contributed by atoms with Crippen molar-refractivity contribution in [3.8, 4) is 5.75 Å². The lowest BCUT2D eigenvalue weighted by Gasteiger charge is -2.25. The SMILES string of the molecule is CCOc1ccc([C@@H](C)NC(=O)CN(c2cc(Cl)cc(Cl)c2)S(=O)(=O)c2ccc(C)cc2)cc1. The van der Waals surface area contributed by atoms with Crippen LogP contribution in [0.3, 0.4) is 0 Å². The topological polar surface area (TPSA) is 75.7 Å². The van der Waals surface area contributed by atoms with Crippen molar-refractivity contribution in [2.75, 3.05) is 17.5 Å². The normalized spacial score (nSPS) is 12.1. The molecule has 0 fully saturated rings. The van der Waals surface area contributed by atoms with Crippen molar-refractivity contribution < 1.29 is 17.9 Å². The molecule has 0 aromatic heterocycles. The van der Waals surface area contributed by atoms with E-state index in [1.165, 1.54) is 30.3 Å². The van der Waals surface area contributed by atoms with Crippen LogP contribution in [0.2, 0.25) is 10.0 Å². The van der Waals surface area contributed by atoms with Crippen LogP contribution in [0, 0.1) is 6.92 Å². The van der Waals surface area contributed by atoms with Crippen LogP contribution in [0.5, 0.6) is 5.75 Å². The van der Waals surface area contributed by atoms with Crippen molar-refractivity contribution in [3.63, 3.8) is 0 Å². The molecule has 3 aromatic carbocycles. The zero-order valence-electron chi connectivity index (χ0n) is 19.1. The molecule has 180 valence electrons. The van der Waals surface area contributed by atoms with Gasteiger partial charge in [0.05, 0.1) is 23.2 Å². The molecular weight excluding hydrogens is 495 g/mol. The summed E-state index contributed by atoms with van der Waals surface area (Å²) in [5, 5.41) is 3.38. The van der Waals surface area contributed by atoms with Gasteiger partial charge in [-0.05, 0) is 68.8 Å². The zero-order valence-corrected chi connectivity index (χ0v) is 21.4. The van der Waals surface area contributed by atoms with Crippen LogP contribution in [0.15, 0.2) is 71.6 Å². The zero-order chi connectivity index (χ0) is 24.9. The van der Waals surface area contributed by atoms with Gasteiger partial charge in [0, 0.05) is 10.0 Å². The number of amides is 1. The van der Waals surface area contributed by atoms with E-state index in [0.717, 1.165) is 21.2 Å². The molecule has 0 heterocycles. The molecule has 0 radical (unpaired) electrons. The number of hydrogen-bond acceptors (Lipinski definition) is 4. The Bertz CT molecular complexity index is 1230. The van der Waals surface area contributed by atoms with E-state index in [2.05, 4.69) is 5.32 Å². The van der Waals surface area contributed by atoms with Crippen LogP contribution < -0.4 is 14.4 Å². The Balaban J connectivity index is 1.87. The van der Waals surface area contributed by atoms with E-state index in [1.54, 1.807) is 12.1 Å². The highest BCUT2D eigenvalue weighted by Gasteiger charge is 2.28. The second-order valence-corrected chi connectivity index (χ2v) is 10.5. The number of anilines is 1. The van der Waals surface area contributed by atoms with Gasteiger partial charge in [-0.15, -0.1) is 0 Å². The number of halogens is 2. The first-order valence-corrected chi connectivity index (χ1v) is 12.9. The maximum absolute atomic E-state index is 13.5. The number of rotatable bonds is 9. The average molecular weight is 521 g/mol. The lowest BCUT2D eigenvalue weighted by atomic mass is 10.1. The van der Waals surface area contributed by atoms with Gasteiger partial charge in [-0.25, -0.2) is 8.42 Å². The van der Waals surface area contributed by atoms with Gasteiger partial charge in [-0.3, -0.25) is 9.10 Å². The number of carbonyl (C=O) groups excluding carboxylic acids is 1. The number of sulfonamides is 1. The molecule has 9 heteroatoms. The molecule has 1 amide bonds. The Morgan fingerprint density at radius 3 is 2.15 bits per heavy atom. The van der Waals surface area contributed by atoms with E-state index in [0.29, 0.717) is 6.61 Å². The van der Waals surface area contributed by atoms with Gasteiger partial charge in [0.15, 0.2) is 0 Å². The summed E-state index contributed by atoms with van der Waals surface area (Å²) in [5.41, 5.74) is 1.97. The third-order valence-corrected chi connectivity index (χ3v) is 7.32. The Morgan fingerprint density at radius 1 is 1.00 bits per heavy atom. The Kier molecular flexibility index (Phi) is 8.47. The fourth-order valence-corrected chi connectivity index (χ4v) is 5.28. The molecule has 0 bridgehead atoms. The summed E-state index contributed by atoms with van der Waals surface area (Å²) in [5.74, 6) is 0.256. The first kappa shape index (κ1) is 25.9. The van der Waals surface area contributed by atoms with Crippen LogP contribution in [-0.2, 0) is 14.8 Å². The highest BCUT2D eigenvalue weighted by Crippen LogP contribution is 2.30. The minimum absolute atomic E-state index is 0.0570. The van der Waals surface area contributed by atoms with Gasteiger partial charge in [0.2, 0.25) is 5.91 Å². The van der Waals surface area contributed by atoms with Gasteiger partial charge in [-0.2, -0.15) is 0 Å². The maximum Gasteiger partial charge on any atom is 0.264 e. The van der Waals surface area contributed by atoms with E-state index in [4.69, 9.17) is 27.9 Å². The number of nitrogens with one attached hydrogen (secondary N) is 1. The van der Waals surface area contributed by atoms with Gasteiger partial charge in [-0.1, -0.05) is 53.0 Å². The fraction of sp³-hybridized carbons (Fsp3) is 0.240. The first-order chi connectivity index (χ1) is 16.1.